The van der Waals surface area contributed by atoms with E-state index in [2.05, 4.69) is 0 Å². The minimum Gasteiger partial charge on any atom is -0.508 e. The average Bonchev–Trinajstić information content (AvgIpc) is 3.37. The summed E-state index contributed by atoms with van der Waals surface area (Å²) in [4.78, 5) is 54.7. The van der Waals surface area contributed by atoms with Gasteiger partial charge in [0.15, 0.2) is 0 Å². The minimum atomic E-state index is -0.745. The molecule has 0 unspecified atom stereocenters. The van der Waals surface area contributed by atoms with Crippen molar-refractivity contribution in [2.45, 2.75) is 25.2 Å². The molecule has 3 aromatic carbocycles. The van der Waals surface area contributed by atoms with Crippen molar-refractivity contribution < 1.29 is 5.11 Å². The molecule has 2 atom stereocenters. The van der Waals surface area contributed by atoms with Crippen molar-refractivity contribution in [1.29, 1.82) is 0 Å². The molecule has 0 bridgehead atoms. The fourth-order valence-corrected chi connectivity index (χ4v) is 5.71. The molecule has 0 aliphatic carbocycles. The maximum Gasteiger partial charge on any atom is 0.352 e. The number of benzene rings is 3. The summed E-state index contributed by atoms with van der Waals surface area (Å²) in [6.07, 6.45) is 1.85. The number of para-hydroxylation sites is 2. The molecule has 4 heterocycles. The van der Waals surface area contributed by atoms with Crippen molar-refractivity contribution in [1.82, 2.24) is 27.9 Å². The highest BCUT2D eigenvalue weighted by molar-refractivity contribution is 5.38. The van der Waals surface area contributed by atoms with Gasteiger partial charge in [0.1, 0.15) is 11.8 Å². The summed E-state index contributed by atoms with van der Waals surface area (Å²) >= 11 is 0. The number of fused-ring (bicyclic) bond motifs is 4. The van der Waals surface area contributed by atoms with Gasteiger partial charge in [0, 0.05) is 0 Å². The van der Waals surface area contributed by atoms with Gasteiger partial charge in [-0.05, 0) is 47.5 Å². The Bertz CT molecular complexity index is 2000. The molecule has 0 fully saturated rings. The van der Waals surface area contributed by atoms with Crippen molar-refractivity contribution >= 4 is 0 Å². The maximum atomic E-state index is 13.8. The third kappa shape index (κ3) is 3.22. The van der Waals surface area contributed by atoms with Crippen LogP contribution in [0.4, 0.5) is 0 Å². The zero-order valence-corrected chi connectivity index (χ0v) is 20.5. The molecule has 2 aliphatic rings. The smallest absolute Gasteiger partial charge is 0.352 e. The number of hydrogen-bond acceptors (Lipinski definition) is 5. The first kappa shape index (κ1) is 22.8. The molecule has 0 amide bonds. The first-order valence-electron chi connectivity index (χ1n) is 12.4. The van der Waals surface area contributed by atoms with E-state index in [1.54, 1.807) is 72.8 Å². The number of phenolic OH excluding ortho intramolecular Hbond substituents is 1. The summed E-state index contributed by atoms with van der Waals surface area (Å²) < 4.78 is 7.71. The van der Waals surface area contributed by atoms with Crippen LogP contribution in [0.15, 0.2) is 116 Å². The van der Waals surface area contributed by atoms with Crippen LogP contribution in [-0.2, 0) is 13.1 Å². The van der Waals surface area contributed by atoms with E-state index >= 15 is 0 Å². The normalized spacial score (nSPS) is 17.7. The van der Waals surface area contributed by atoms with Crippen LogP contribution in [0.5, 0.6) is 5.75 Å². The van der Waals surface area contributed by atoms with Crippen LogP contribution in [0.3, 0.4) is 0 Å². The van der Waals surface area contributed by atoms with Gasteiger partial charge in [-0.1, -0.05) is 54.6 Å². The Morgan fingerprint density at radius 2 is 1.15 bits per heavy atom. The van der Waals surface area contributed by atoms with E-state index in [0.29, 0.717) is 22.5 Å². The Kier molecular flexibility index (Phi) is 4.89. The van der Waals surface area contributed by atoms with Crippen LogP contribution < -0.4 is 22.8 Å². The predicted molar refractivity (Wildman–Crippen MR) is 142 cm³/mol. The van der Waals surface area contributed by atoms with E-state index in [0.717, 1.165) is 9.13 Å². The van der Waals surface area contributed by atoms with Crippen LogP contribution >= 0.6 is 0 Å². The molecular weight excluding hydrogens is 500 g/mol. The van der Waals surface area contributed by atoms with Gasteiger partial charge in [-0.2, -0.15) is 0 Å². The number of allylic oxidation sites excluding steroid dienone is 2. The van der Waals surface area contributed by atoms with E-state index in [1.807, 2.05) is 6.08 Å². The molecule has 0 radical (unpaired) electrons. The zero-order valence-electron chi connectivity index (χ0n) is 20.5. The quantitative estimate of drug-likeness (QED) is 0.360. The SMILES string of the molecule is O=c1n(-c2ccccc2)c(=O)n2n1CC=C1[C@H]2Cn2c(=O)n(-c3ccccc3)c(=O)n2[C@H]1c1ccc(O)cc1. The lowest BCUT2D eigenvalue weighted by atomic mass is 9.90. The Labute approximate surface area is 219 Å². The third-order valence-corrected chi connectivity index (χ3v) is 7.44. The molecule has 0 saturated carbocycles. The molecular formula is C28H22N6O5. The largest absolute Gasteiger partial charge is 0.508 e. The van der Waals surface area contributed by atoms with Gasteiger partial charge in [0.05, 0.1) is 30.5 Å². The van der Waals surface area contributed by atoms with Gasteiger partial charge in [0.2, 0.25) is 0 Å². The van der Waals surface area contributed by atoms with Crippen LogP contribution in [0, 0.1) is 0 Å². The van der Waals surface area contributed by atoms with Gasteiger partial charge in [-0.25, -0.2) is 47.0 Å². The van der Waals surface area contributed by atoms with Crippen molar-refractivity contribution in [2.75, 3.05) is 0 Å². The summed E-state index contributed by atoms with van der Waals surface area (Å²) in [5.74, 6) is 0.0559. The topological polar surface area (TPSA) is 118 Å². The number of phenols is 1. The molecule has 194 valence electrons. The van der Waals surface area contributed by atoms with E-state index in [4.69, 9.17) is 0 Å². The standard InChI is InChI=1S/C28H22N6O5/c35-21-13-11-18(12-14-21)24-22-15-16-29-25(36)31(19-7-3-1-4-8-19)27(38)33(29)23(22)17-30-26(37)32(28(39)34(24)30)20-9-5-2-6-10-20/h1-15,23-24,35H,16-17H2/t23-,24+/m1/s1. The first-order chi connectivity index (χ1) is 19.0. The highest BCUT2D eigenvalue weighted by atomic mass is 16.3. The predicted octanol–water partition coefficient (Wildman–Crippen LogP) is 1.40. The Morgan fingerprint density at radius 1 is 0.615 bits per heavy atom. The van der Waals surface area contributed by atoms with Gasteiger partial charge in [-0.3, -0.25) is 0 Å². The van der Waals surface area contributed by atoms with Crippen molar-refractivity contribution in [3.8, 4) is 17.1 Å². The van der Waals surface area contributed by atoms with E-state index < -0.39 is 34.8 Å². The molecule has 0 spiro atoms. The van der Waals surface area contributed by atoms with Crippen molar-refractivity contribution in [3.05, 3.63) is 144 Å². The number of hydrogen-bond donors (Lipinski definition) is 1. The third-order valence-electron chi connectivity index (χ3n) is 7.44. The molecule has 1 N–H and O–H groups in total. The Balaban J connectivity index is 1.49. The molecule has 39 heavy (non-hydrogen) atoms. The molecule has 11 heteroatoms. The van der Waals surface area contributed by atoms with Gasteiger partial charge in [0.25, 0.3) is 0 Å². The van der Waals surface area contributed by atoms with Crippen LogP contribution in [0.25, 0.3) is 11.4 Å². The second-order valence-corrected chi connectivity index (χ2v) is 9.54. The lowest BCUT2D eigenvalue weighted by molar-refractivity contribution is 0.246. The monoisotopic (exact) mass is 522 g/mol. The number of aromatic hydroxyl groups is 1. The lowest BCUT2D eigenvalue weighted by Gasteiger charge is -2.37. The van der Waals surface area contributed by atoms with Gasteiger partial charge >= 0.3 is 22.8 Å². The minimum absolute atomic E-state index is 0.0214. The van der Waals surface area contributed by atoms with Gasteiger partial charge < -0.3 is 5.11 Å². The fourth-order valence-electron chi connectivity index (χ4n) is 5.71. The lowest BCUT2D eigenvalue weighted by Crippen LogP contribution is -2.46. The Morgan fingerprint density at radius 3 is 1.74 bits per heavy atom. The van der Waals surface area contributed by atoms with E-state index in [1.165, 1.54) is 30.9 Å². The molecule has 2 aliphatic heterocycles. The molecule has 11 nitrogen and oxygen atoms in total. The molecule has 5 aromatic rings. The Hall–Kier alpha value is -5.32. The van der Waals surface area contributed by atoms with Crippen LogP contribution in [0.2, 0.25) is 0 Å². The molecule has 0 saturated heterocycles. The average molecular weight is 523 g/mol. The second kappa shape index (κ2) is 8.35. The van der Waals surface area contributed by atoms with E-state index in [9.17, 15) is 24.3 Å². The van der Waals surface area contributed by atoms with E-state index in [-0.39, 0.29) is 18.8 Å². The van der Waals surface area contributed by atoms with Gasteiger partial charge in [-0.15, -0.1) is 0 Å². The molecule has 7 rings (SSSR count). The summed E-state index contributed by atoms with van der Waals surface area (Å²) in [6, 6.07) is 22.3. The summed E-state index contributed by atoms with van der Waals surface area (Å²) in [5.41, 5.74) is 0.130. The fraction of sp³-hybridized carbons (Fsp3) is 0.143. The van der Waals surface area contributed by atoms with Crippen LogP contribution in [0.1, 0.15) is 17.6 Å². The number of rotatable bonds is 3. The van der Waals surface area contributed by atoms with Crippen LogP contribution in [-0.4, -0.2) is 33.0 Å². The number of aromatic nitrogens is 6. The summed E-state index contributed by atoms with van der Waals surface area (Å²) in [5, 5.41) is 9.91. The molecule has 2 aromatic heterocycles. The summed E-state index contributed by atoms with van der Waals surface area (Å²) in [7, 11) is 0. The highest BCUT2D eigenvalue weighted by Crippen LogP contribution is 2.38. The van der Waals surface area contributed by atoms with Crippen molar-refractivity contribution in [3.63, 3.8) is 0 Å². The second-order valence-electron chi connectivity index (χ2n) is 9.54. The summed E-state index contributed by atoms with van der Waals surface area (Å²) in [6.45, 7) is 0.0964. The number of nitrogens with zero attached hydrogens (tertiary/aromatic N) is 6. The first-order valence-corrected chi connectivity index (χ1v) is 12.4. The zero-order chi connectivity index (χ0) is 26.8. The maximum absolute atomic E-state index is 13.8. The van der Waals surface area contributed by atoms with Crippen molar-refractivity contribution in [2.24, 2.45) is 0 Å². The highest BCUT2D eigenvalue weighted by Gasteiger charge is 2.41.